The Bertz CT molecular complexity index is 1070. The second kappa shape index (κ2) is 9.20. The molecule has 6 nitrogen and oxygen atoms in total. The molecule has 3 saturated carbocycles. The molecule has 0 bridgehead atoms. The third kappa shape index (κ3) is 4.77. The van der Waals surface area contributed by atoms with Crippen molar-refractivity contribution in [2.24, 2.45) is 5.41 Å². The minimum absolute atomic E-state index is 0.0832. The first-order valence-corrected chi connectivity index (χ1v) is 12.9. The molecule has 182 valence electrons. The van der Waals surface area contributed by atoms with Crippen molar-refractivity contribution >= 4 is 17.6 Å². The molecule has 34 heavy (non-hydrogen) atoms. The highest BCUT2D eigenvalue weighted by atomic mass is 16.5. The summed E-state index contributed by atoms with van der Waals surface area (Å²) < 4.78 is 5.96. The molecule has 1 spiro atoms. The number of hydrogen-bond acceptors (Lipinski definition) is 4. The summed E-state index contributed by atoms with van der Waals surface area (Å²) in [4.78, 5) is 24.7. The smallest absolute Gasteiger partial charge is 0.304 e. The van der Waals surface area contributed by atoms with Crippen LogP contribution in [-0.2, 0) is 9.59 Å². The van der Waals surface area contributed by atoms with Gasteiger partial charge in [0.25, 0.3) is 0 Å². The summed E-state index contributed by atoms with van der Waals surface area (Å²) in [6.07, 6.45) is 11.1. The molecule has 1 aromatic carbocycles. The molecule has 1 unspecified atom stereocenters. The number of carboxylic acid groups (broad SMARTS) is 1. The quantitative estimate of drug-likeness (QED) is 0.460. The van der Waals surface area contributed by atoms with Gasteiger partial charge >= 0.3 is 5.97 Å². The van der Waals surface area contributed by atoms with Gasteiger partial charge < -0.3 is 14.9 Å². The maximum absolute atomic E-state index is 13.0. The number of amides is 1. The summed E-state index contributed by atoms with van der Waals surface area (Å²) in [6.45, 7) is 3.98. The fraction of sp³-hybridized carbons (Fsp3) is 0.607. The SMILES string of the molecule is Cc1ccc(NC(=O)CC(CC(=O)O)c2noc(C3CC4(CCCCC4)C3)c2C2CC2)c(C)c1. The van der Waals surface area contributed by atoms with Crippen molar-refractivity contribution in [3.8, 4) is 0 Å². The average molecular weight is 465 g/mol. The Hall–Kier alpha value is -2.63. The zero-order valence-corrected chi connectivity index (χ0v) is 20.4. The number of aromatic nitrogens is 1. The third-order valence-electron chi connectivity index (χ3n) is 8.31. The first kappa shape index (κ1) is 23.1. The third-order valence-corrected chi connectivity index (χ3v) is 8.31. The van der Waals surface area contributed by atoms with E-state index >= 15 is 0 Å². The van der Waals surface area contributed by atoms with E-state index in [0.717, 1.165) is 53.8 Å². The van der Waals surface area contributed by atoms with Gasteiger partial charge in [-0.05, 0) is 75.3 Å². The zero-order chi connectivity index (χ0) is 23.9. The fourth-order valence-corrected chi connectivity index (χ4v) is 6.43. The standard InChI is InChI=1S/C28H36N2O4/c1-17-6-9-22(18(2)12-17)29-23(31)13-20(14-24(32)33)26-25(19-7-8-19)27(34-30-26)21-15-28(16-21)10-4-3-5-11-28/h6,9,12,19-21H,3-5,7-8,10-11,13-16H2,1-2H3,(H,29,31)(H,32,33). The van der Waals surface area contributed by atoms with Crippen molar-refractivity contribution in [1.82, 2.24) is 5.16 Å². The van der Waals surface area contributed by atoms with Crippen LogP contribution in [-0.4, -0.2) is 22.1 Å². The van der Waals surface area contributed by atoms with Crippen molar-refractivity contribution in [3.63, 3.8) is 0 Å². The predicted octanol–water partition coefficient (Wildman–Crippen LogP) is 6.58. The lowest BCUT2D eigenvalue weighted by molar-refractivity contribution is -0.137. The monoisotopic (exact) mass is 464 g/mol. The molecule has 1 aromatic heterocycles. The normalized spacial score (nSPS) is 20.6. The maximum Gasteiger partial charge on any atom is 0.304 e. The van der Waals surface area contributed by atoms with Crippen LogP contribution < -0.4 is 5.32 Å². The Labute approximate surface area is 201 Å². The van der Waals surface area contributed by atoms with Gasteiger partial charge in [-0.3, -0.25) is 9.59 Å². The summed E-state index contributed by atoms with van der Waals surface area (Å²) >= 11 is 0. The summed E-state index contributed by atoms with van der Waals surface area (Å²) in [5.74, 6) is 0.191. The van der Waals surface area contributed by atoms with E-state index in [1.54, 1.807) is 0 Å². The molecule has 1 amide bonds. The summed E-state index contributed by atoms with van der Waals surface area (Å²) in [7, 11) is 0. The summed E-state index contributed by atoms with van der Waals surface area (Å²) in [5, 5.41) is 17.0. The number of rotatable bonds is 8. The van der Waals surface area contributed by atoms with E-state index in [1.807, 2.05) is 32.0 Å². The van der Waals surface area contributed by atoms with Crippen LogP contribution >= 0.6 is 0 Å². The van der Waals surface area contributed by atoms with E-state index in [2.05, 4.69) is 10.5 Å². The number of carboxylic acids is 1. The first-order chi connectivity index (χ1) is 16.3. The van der Waals surface area contributed by atoms with E-state index in [9.17, 15) is 14.7 Å². The van der Waals surface area contributed by atoms with Gasteiger partial charge in [0, 0.05) is 29.5 Å². The van der Waals surface area contributed by atoms with Crippen molar-refractivity contribution in [1.29, 1.82) is 0 Å². The van der Waals surface area contributed by atoms with Crippen molar-refractivity contribution in [2.45, 2.75) is 102 Å². The van der Waals surface area contributed by atoms with Crippen LogP contribution in [0, 0.1) is 19.3 Å². The lowest BCUT2D eigenvalue weighted by Gasteiger charge is -2.49. The highest BCUT2D eigenvalue weighted by Gasteiger charge is 2.49. The molecule has 5 rings (SSSR count). The second-order valence-corrected chi connectivity index (χ2v) is 11.2. The van der Waals surface area contributed by atoms with Gasteiger partial charge in [-0.1, -0.05) is 42.1 Å². The fourth-order valence-electron chi connectivity index (χ4n) is 6.43. The van der Waals surface area contributed by atoms with Crippen LogP contribution in [0.25, 0.3) is 0 Å². The zero-order valence-electron chi connectivity index (χ0n) is 20.4. The van der Waals surface area contributed by atoms with Crippen molar-refractivity contribution < 1.29 is 19.2 Å². The van der Waals surface area contributed by atoms with E-state index in [4.69, 9.17) is 4.52 Å². The minimum atomic E-state index is -0.916. The summed E-state index contributed by atoms with van der Waals surface area (Å²) in [6, 6.07) is 5.89. The number of carbonyl (C=O) groups excluding carboxylic acids is 1. The Morgan fingerprint density at radius 3 is 2.50 bits per heavy atom. The first-order valence-electron chi connectivity index (χ1n) is 12.9. The highest BCUT2D eigenvalue weighted by molar-refractivity contribution is 5.92. The molecule has 0 aliphatic heterocycles. The van der Waals surface area contributed by atoms with Gasteiger partial charge in [0.1, 0.15) is 5.76 Å². The average Bonchev–Trinajstić information content (AvgIpc) is 3.52. The molecular weight excluding hydrogens is 428 g/mol. The Kier molecular flexibility index (Phi) is 6.26. The molecule has 3 fully saturated rings. The molecule has 1 atom stereocenters. The van der Waals surface area contributed by atoms with E-state index < -0.39 is 11.9 Å². The molecule has 2 N–H and O–H groups in total. The maximum atomic E-state index is 13.0. The predicted molar refractivity (Wildman–Crippen MR) is 130 cm³/mol. The molecule has 6 heteroatoms. The number of anilines is 1. The molecule has 2 aromatic rings. The lowest BCUT2D eigenvalue weighted by Crippen LogP contribution is -2.37. The van der Waals surface area contributed by atoms with Crippen LogP contribution in [0.3, 0.4) is 0 Å². The lowest BCUT2D eigenvalue weighted by atomic mass is 9.55. The number of aliphatic carboxylic acids is 1. The van der Waals surface area contributed by atoms with Gasteiger partial charge in [-0.2, -0.15) is 0 Å². The highest BCUT2D eigenvalue weighted by Crippen LogP contribution is 2.60. The van der Waals surface area contributed by atoms with Gasteiger partial charge in [0.05, 0.1) is 12.1 Å². The van der Waals surface area contributed by atoms with Gasteiger partial charge in [-0.25, -0.2) is 0 Å². The molecule has 1 heterocycles. The van der Waals surface area contributed by atoms with Crippen LogP contribution in [0.15, 0.2) is 22.7 Å². The van der Waals surface area contributed by atoms with Crippen molar-refractivity contribution in [2.75, 3.05) is 5.32 Å². The number of aryl methyl sites for hydroxylation is 2. The summed E-state index contributed by atoms with van der Waals surface area (Å²) in [5.41, 5.74) is 5.21. The van der Waals surface area contributed by atoms with E-state index in [-0.39, 0.29) is 18.7 Å². The van der Waals surface area contributed by atoms with Crippen LogP contribution in [0.5, 0.6) is 0 Å². The van der Waals surface area contributed by atoms with Crippen LogP contribution in [0.2, 0.25) is 0 Å². The molecular formula is C28H36N2O4. The van der Waals surface area contributed by atoms with Crippen molar-refractivity contribution in [3.05, 3.63) is 46.3 Å². The van der Waals surface area contributed by atoms with Crippen LogP contribution in [0.1, 0.15) is 117 Å². The molecule has 3 aliphatic rings. The van der Waals surface area contributed by atoms with Gasteiger partial charge in [0.2, 0.25) is 5.91 Å². The molecule has 0 saturated heterocycles. The minimum Gasteiger partial charge on any atom is -0.481 e. The molecule has 0 radical (unpaired) electrons. The number of hydrogen-bond donors (Lipinski definition) is 2. The van der Waals surface area contributed by atoms with Gasteiger partial charge in [-0.15, -0.1) is 0 Å². The molecule has 3 aliphatic carbocycles. The van der Waals surface area contributed by atoms with Gasteiger partial charge in [0.15, 0.2) is 0 Å². The van der Waals surface area contributed by atoms with E-state index in [1.165, 1.54) is 32.1 Å². The van der Waals surface area contributed by atoms with E-state index in [0.29, 0.717) is 22.9 Å². The number of nitrogens with zero attached hydrogens (tertiary/aromatic N) is 1. The second-order valence-electron chi connectivity index (χ2n) is 11.2. The topological polar surface area (TPSA) is 92.4 Å². The Morgan fingerprint density at radius 2 is 1.85 bits per heavy atom. The number of benzene rings is 1. The van der Waals surface area contributed by atoms with Crippen LogP contribution in [0.4, 0.5) is 5.69 Å². The Balaban J connectivity index is 1.35. The largest absolute Gasteiger partial charge is 0.481 e. The number of carbonyl (C=O) groups is 2. The number of nitrogens with one attached hydrogen (secondary N) is 1. The Morgan fingerprint density at radius 1 is 1.12 bits per heavy atom.